The molecule has 2 N–H and O–H groups in total. The van der Waals surface area contributed by atoms with Crippen LogP contribution in [-0.4, -0.2) is 62.0 Å². The quantitative estimate of drug-likeness (QED) is 0.789. The van der Waals surface area contributed by atoms with Crippen molar-refractivity contribution in [3.63, 3.8) is 0 Å². The van der Waals surface area contributed by atoms with Gasteiger partial charge >= 0.3 is 0 Å². The summed E-state index contributed by atoms with van der Waals surface area (Å²) in [5.74, 6) is 0. The first-order chi connectivity index (χ1) is 10.1. The Hall–Kier alpha value is -0.420. The van der Waals surface area contributed by atoms with Gasteiger partial charge in [-0.1, -0.05) is 11.6 Å². The summed E-state index contributed by atoms with van der Waals surface area (Å²) in [7, 11) is -3.66. The Morgan fingerprint density at radius 2 is 2.14 bits per heavy atom. The lowest BCUT2D eigenvalue weighted by molar-refractivity contribution is 0.245. The van der Waals surface area contributed by atoms with Gasteiger partial charge in [0.15, 0.2) is 15.1 Å². The van der Waals surface area contributed by atoms with Gasteiger partial charge in [0.25, 0.3) is 10.0 Å². The molecule has 3 heterocycles. The van der Waals surface area contributed by atoms with Crippen molar-refractivity contribution in [3.05, 3.63) is 16.7 Å². The van der Waals surface area contributed by atoms with Gasteiger partial charge in [-0.05, 0) is 0 Å². The van der Waals surface area contributed by atoms with E-state index in [0.717, 1.165) is 26.2 Å². The molecular weight excluding hydrogens is 369 g/mol. The summed E-state index contributed by atoms with van der Waals surface area (Å²) in [5, 5.41) is 5.06. The van der Waals surface area contributed by atoms with Crippen molar-refractivity contribution < 1.29 is 8.42 Å². The molecule has 0 spiro atoms. The number of aromatic nitrogens is 2. The molecular formula is C11H17Cl2N5O2S2. The predicted octanol–water partition coefficient (Wildman–Crippen LogP) is 0.654. The molecule has 1 fully saturated rings. The van der Waals surface area contributed by atoms with E-state index in [-0.39, 0.29) is 22.6 Å². The largest absolute Gasteiger partial charge is 0.314 e. The topological polar surface area (TPSA) is 78.7 Å². The maximum absolute atomic E-state index is 12.4. The number of halogens is 2. The molecule has 0 saturated carbocycles. The van der Waals surface area contributed by atoms with E-state index in [4.69, 9.17) is 11.6 Å². The zero-order valence-corrected chi connectivity index (χ0v) is 14.9. The summed E-state index contributed by atoms with van der Waals surface area (Å²) in [6.07, 6.45) is 1.66. The van der Waals surface area contributed by atoms with Crippen LogP contribution >= 0.6 is 35.3 Å². The number of piperazine rings is 1. The Kier molecular flexibility index (Phi) is 6.06. The molecule has 11 heteroatoms. The fourth-order valence-corrected chi connectivity index (χ4v) is 4.79. The molecule has 0 amide bonds. The summed E-state index contributed by atoms with van der Waals surface area (Å²) in [4.78, 5) is 6.84. The average molecular weight is 386 g/mol. The molecule has 2 aromatic rings. The lowest BCUT2D eigenvalue weighted by Crippen LogP contribution is -2.46. The number of sulfonamides is 1. The Labute approximate surface area is 144 Å². The second-order valence-electron chi connectivity index (χ2n) is 4.75. The SMILES string of the molecule is Cl.O=S(=O)(NCCN1CCNCC1)c1c(Cl)nc2sccn12. The van der Waals surface area contributed by atoms with Crippen molar-refractivity contribution in [2.24, 2.45) is 0 Å². The normalized spacial score (nSPS) is 16.8. The fourth-order valence-electron chi connectivity index (χ4n) is 2.32. The van der Waals surface area contributed by atoms with Gasteiger partial charge in [0, 0.05) is 50.8 Å². The third kappa shape index (κ3) is 3.73. The Balaban J connectivity index is 0.00000176. The maximum Gasteiger partial charge on any atom is 0.259 e. The van der Waals surface area contributed by atoms with Crippen molar-refractivity contribution >= 4 is 50.3 Å². The molecule has 124 valence electrons. The van der Waals surface area contributed by atoms with Gasteiger partial charge in [0.2, 0.25) is 0 Å². The standard InChI is InChI=1S/C11H16ClN5O2S2.ClH/c12-9-10(17-7-8-20-11(17)15-9)21(18,19)14-3-6-16-4-1-13-2-5-16;/h7-8,13-14H,1-6H2;1H. The van der Waals surface area contributed by atoms with Crippen LogP contribution in [0.1, 0.15) is 0 Å². The molecule has 0 aromatic carbocycles. The number of nitrogens with one attached hydrogen (secondary N) is 2. The molecule has 0 aliphatic carbocycles. The second-order valence-corrected chi connectivity index (χ2v) is 7.67. The summed E-state index contributed by atoms with van der Waals surface area (Å²) < 4.78 is 28.9. The van der Waals surface area contributed by atoms with Crippen LogP contribution < -0.4 is 10.0 Å². The van der Waals surface area contributed by atoms with Crippen LogP contribution in [0.25, 0.3) is 4.96 Å². The van der Waals surface area contributed by atoms with Crippen LogP contribution in [0.3, 0.4) is 0 Å². The van der Waals surface area contributed by atoms with Crippen LogP contribution in [0, 0.1) is 0 Å². The molecule has 0 radical (unpaired) electrons. The first kappa shape index (κ1) is 17.9. The molecule has 1 aliphatic rings. The molecule has 1 aliphatic heterocycles. The number of hydrogen-bond donors (Lipinski definition) is 2. The summed E-state index contributed by atoms with van der Waals surface area (Å²) in [5.41, 5.74) is 0. The molecule has 0 atom stereocenters. The van der Waals surface area contributed by atoms with Crippen LogP contribution in [0.5, 0.6) is 0 Å². The Bertz CT molecular complexity index is 724. The van der Waals surface area contributed by atoms with E-state index < -0.39 is 10.0 Å². The summed E-state index contributed by atoms with van der Waals surface area (Å²) >= 11 is 7.30. The Morgan fingerprint density at radius 3 is 2.86 bits per heavy atom. The summed E-state index contributed by atoms with van der Waals surface area (Å²) in [6, 6.07) is 0. The number of rotatable bonds is 5. The number of nitrogens with zero attached hydrogens (tertiary/aromatic N) is 3. The summed E-state index contributed by atoms with van der Waals surface area (Å²) in [6.45, 7) is 4.79. The van der Waals surface area contributed by atoms with E-state index in [0.29, 0.717) is 18.1 Å². The first-order valence-corrected chi connectivity index (χ1v) is 9.36. The van der Waals surface area contributed by atoms with Crippen LogP contribution in [0.15, 0.2) is 16.6 Å². The maximum atomic E-state index is 12.4. The number of fused-ring (bicyclic) bond motifs is 1. The second kappa shape index (κ2) is 7.43. The minimum atomic E-state index is -3.66. The van der Waals surface area contributed by atoms with Crippen molar-refractivity contribution in [1.82, 2.24) is 24.3 Å². The highest BCUT2D eigenvalue weighted by atomic mass is 35.5. The zero-order chi connectivity index (χ0) is 14.9. The van der Waals surface area contributed by atoms with E-state index in [2.05, 4.69) is 19.9 Å². The Morgan fingerprint density at radius 1 is 1.41 bits per heavy atom. The third-order valence-electron chi connectivity index (χ3n) is 3.36. The lowest BCUT2D eigenvalue weighted by Gasteiger charge is -2.26. The van der Waals surface area contributed by atoms with Crippen molar-refractivity contribution in [2.75, 3.05) is 39.3 Å². The molecule has 0 bridgehead atoms. The molecule has 0 unspecified atom stereocenters. The number of hydrogen-bond acceptors (Lipinski definition) is 6. The van der Waals surface area contributed by atoms with Gasteiger partial charge in [-0.3, -0.25) is 9.30 Å². The smallest absolute Gasteiger partial charge is 0.259 e. The predicted molar refractivity (Wildman–Crippen MR) is 89.8 cm³/mol. The molecule has 22 heavy (non-hydrogen) atoms. The third-order valence-corrected chi connectivity index (χ3v) is 5.98. The van der Waals surface area contributed by atoms with Crippen molar-refractivity contribution in [3.8, 4) is 0 Å². The van der Waals surface area contributed by atoms with Crippen LogP contribution in [0.2, 0.25) is 5.15 Å². The average Bonchev–Trinajstić information content (AvgIpc) is 2.99. The van der Waals surface area contributed by atoms with Gasteiger partial charge in [-0.2, -0.15) is 0 Å². The highest BCUT2D eigenvalue weighted by Crippen LogP contribution is 2.24. The van der Waals surface area contributed by atoms with E-state index in [1.165, 1.54) is 15.7 Å². The number of thiazole rings is 1. The van der Waals surface area contributed by atoms with Crippen LogP contribution in [0.4, 0.5) is 0 Å². The zero-order valence-electron chi connectivity index (χ0n) is 11.7. The molecule has 1 saturated heterocycles. The van der Waals surface area contributed by atoms with Gasteiger partial charge in [-0.25, -0.2) is 18.1 Å². The van der Waals surface area contributed by atoms with Gasteiger partial charge in [0.05, 0.1) is 0 Å². The minimum Gasteiger partial charge on any atom is -0.314 e. The minimum absolute atomic E-state index is 0. The fraction of sp³-hybridized carbons (Fsp3) is 0.545. The van der Waals surface area contributed by atoms with Crippen molar-refractivity contribution in [2.45, 2.75) is 5.03 Å². The van der Waals surface area contributed by atoms with E-state index in [1.807, 2.05) is 0 Å². The molecule has 2 aromatic heterocycles. The first-order valence-electron chi connectivity index (χ1n) is 6.62. The number of imidazole rings is 1. The van der Waals surface area contributed by atoms with E-state index in [9.17, 15) is 8.42 Å². The molecule has 7 nitrogen and oxygen atoms in total. The highest BCUT2D eigenvalue weighted by molar-refractivity contribution is 7.89. The molecule has 3 rings (SSSR count). The van der Waals surface area contributed by atoms with Crippen LogP contribution in [-0.2, 0) is 10.0 Å². The van der Waals surface area contributed by atoms with E-state index >= 15 is 0 Å². The van der Waals surface area contributed by atoms with E-state index in [1.54, 1.807) is 11.6 Å². The monoisotopic (exact) mass is 385 g/mol. The van der Waals surface area contributed by atoms with Gasteiger partial charge in [-0.15, -0.1) is 23.7 Å². The van der Waals surface area contributed by atoms with Gasteiger partial charge < -0.3 is 5.32 Å². The van der Waals surface area contributed by atoms with Crippen molar-refractivity contribution in [1.29, 1.82) is 0 Å². The van der Waals surface area contributed by atoms with Gasteiger partial charge in [0.1, 0.15) is 0 Å². The lowest BCUT2D eigenvalue weighted by atomic mass is 10.3. The highest BCUT2D eigenvalue weighted by Gasteiger charge is 2.24.